The molecule has 1 saturated heterocycles. The van der Waals surface area contributed by atoms with Crippen molar-refractivity contribution in [3.63, 3.8) is 0 Å². The molecule has 3 rings (SSSR count). The van der Waals surface area contributed by atoms with E-state index in [1.165, 1.54) is 38.4 Å². The number of para-hydroxylation sites is 1. The molecule has 38 heavy (non-hydrogen) atoms. The number of benzene rings is 1. The van der Waals surface area contributed by atoms with Gasteiger partial charge in [0.2, 0.25) is 5.88 Å². The summed E-state index contributed by atoms with van der Waals surface area (Å²) in [6.45, 7) is 4.11. The van der Waals surface area contributed by atoms with E-state index in [0.717, 1.165) is 4.57 Å². The highest BCUT2D eigenvalue weighted by Crippen LogP contribution is 2.46. The average Bonchev–Trinajstić information content (AvgIpc) is 3.13. The summed E-state index contributed by atoms with van der Waals surface area (Å²) in [6.07, 6.45) is 1.59. The van der Waals surface area contributed by atoms with Crippen molar-refractivity contribution in [1.82, 2.24) is 14.6 Å². The van der Waals surface area contributed by atoms with Crippen LogP contribution in [0.4, 0.5) is 0 Å². The van der Waals surface area contributed by atoms with E-state index in [9.17, 15) is 24.4 Å². The van der Waals surface area contributed by atoms with Gasteiger partial charge in [-0.25, -0.2) is 9.36 Å². The smallest absolute Gasteiger partial charge is 0.459 e. The summed E-state index contributed by atoms with van der Waals surface area (Å²) >= 11 is 0. The molecule has 2 aromatic rings. The number of ether oxygens (including phenoxy) is 3. The van der Waals surface area contributed by atoms with Crippen LogP contribution in [0.2, 0.25) is 0 Å². The van der Waals surface area contributed by atoms with Crippen molar-refractivity contribution in [3.05, 3.63) is 53.1 Å². The third-order valence-corrected chi connectivity index (χ3v) is 7.06. The van der Waals surface area contributed by atoms with Crippen molar-refractivity contribution < 1.29 is 42.8 Å². The minimum absolute atomic E-state index is 0.0177. The van der Waals surface area contributed by atoms with Crippen LogP contribution in [0.15, 0.2) is 47.4 Å². The van der Waals surface area contributed by atoms with Gasteiger partial charge in [0.1, 0.15) is 24.0 Å². The van der Waals surface area contributed by atoms with Gasteiger partial charge in [-0.15, -0.1) is 6.42 Å². The van der Waals surface area contributed by atoms with Gasteiger partial charge in [0.15, 0.2) is 11.8 Å². The molecule has 0 radical (unpaired) electrons. The Hall–Kier alpha value is -3.24. The summed E-state index contributed by atoms with van der Waals surface area (Å²) in [5, 5.41) is 24.3. The Bertz CT molecular complexity index is 1260. The number of carbonyl (C=O) groups is 1. The van der Waals surface area contributed by atoms with Crippen molar-refractivity contribution in [3.8, 4) is 24.0 Å². The number of hydrogen-bond donors (Lipinski definition) is 3. The van der Waals surface area contributed by atoms with E-state index in [1.807, 2.05) is 0 Å². The van der Waals surface area contributed by atoms with Crippen LogP contribution in [0.5, 0.6) is 11.6 Å². The lowest BCUT2D eigenvalue weighted by atomic mass is 9.95. The van der Waals surface area contributed by atoms with Crippen molar-refractivity contribution >= 4 is 13.7 Å². The van der Waals surface area contributed by atoms with Crippen LogP contribution in [0.25, 0.3) is 0 Å². The normalized spacial score (nSPS) is 25.3. The fourth-order valence-corrected chi connectivity index (χ4v) is 5.04. The molecule has 6 atom stereocenters. The van der Waals surface area contributed by atoms with Gasteiger partial charge >= 0.3 is 19.4 Å². The van der Waals surface area contributed by atoms with Gasteiger partial charge in [0.05, 0.1) is 19.8 Å². The van der Waals surface area contributed by atoms with Crippen LogP contribution >= 0.6 is 7.75 Å². The Morgan fingerprint density at radius 1 is 1.32 bits per heavy atom. The predicted molar refractivity (Wildman–Crippen MR) is 133 cm³/mol. The molecular weight excluding hydrogens is 521 g/mol. The molecule has 1 fully saturated rings. The number of nitrogens with zero attached hydrogens (tertiary/aromatic N) is 2. The van der Waals surface area contributed by atoms with Crippen molar-refractivity contribution in [1.29, 1.82) is 0 Å². The minimum atomic E-state index is -4.31. The van der Waals surface area contributed by atoms with E-state index < -0.39 is 62.2 Å². The highest BCUT2D eigenvalue weighted by atomic mass is 31.2. The zero-order valence-corrected chi connectivity index (χ0v) is 22.1. The number of nitrogens with one attached hydrogen (secondary N) is 1. The summed E-state index contributed by atoms with van der Waals surface area (Å²) < 4.78 is 41.4. The molecule has 1 aromatic heterocycles. The lowest BCUT2D eigenvalue weighted by Crippen LogP contribution is -2.47. The van der Waals surface area contributed by atoms with Gasteiger partial charge in [-0.3, -0.25) is 13.9 Å². The first-order valence-corrected chi connectivity index (χ1v) is 13.1. The third kappa shape index (κ3) is 6.60. The predicted octanol–water partition coefficient (Wildman–Crippen LogP) is 1.01. The Balaban J connectivity index is 1.83. The van der Waals surface area contributed by atoms with Gasteiger partial charge in [-0.2, -0.15) is 10.1 Å². The van der Waals surface area contributed by atoms with Gasteiger partial charge in [-0.1, -0.05) is 24.1 Å². The van der Waals surface area contributed by atoms with Gasteiger partial charge in [0, 0.05) is 12.3 Å². The topological polar surface area (TPSA) is 168 Å². The van der Waals surface area contributed by atoms with E-state index in [-0.39, 0.29) is 11.6 Å². The Labute approximate surface area is 219 Å². The quantitative estimate of drug-likeness (QED) is 0.206. The molecule has 14 heteroatoms. The largest absolute Gasteiger partial charge is 0.481 e. The number of hydrogen-bond acceptors (Lipinski definition) is 11. The molecule has 0 amide bonds. The molecule has 13 nitrogen and oxygen atoms in total. The van der Waals surface area contributed by atoms with E-state index >= 15 is 0 Å². The van der Waals surface area contributed by atoms with Crippen molar-refractivity contribution in [2.75, 3.05) is 13.7 Å². The first-order chi connectivity index (χ1) is 17.9. The SMILES string of the molecule is C#C[C@]1(O)C(n2ccc(OC)nc2=O)O[C@H](COP(=O)(N[C@@H](C)C(=O)OC(C)C)Oc2ccccc2)[C@H]1O. The zero-order chi connectivity index (χ0) is 28.1. The van der Waals surface area contributed by atoms with Crippen LogP contribution < -0.4 is 20.0 Å². The van der Waals surface area contributed by atoms with Gasteiger partial charge < -0.3 is 28.9 Å². The maximum atomic E-state index is 13.7. The summed E-state index contributed by atoms with van der Waals surface area (Å²) in [5.41, 5.74) is -3.24. The standard InChI is InChI=1S/C24H30N3O10P/c1-6-24(31)20(28)18(36-22(24)27-13-12-19(33-5)25-23(27)30)14-34-38(32,37-17-10-8-7-9-11-17)26-16(4)21(29)35-15(2)3/h1,7-13,15-16,18,20,22,28,31H,14H2,2-5H3,(H,26,32)/t16-,18+,20+,22?,24+,38?/m0/s1. The molecule has 1 aliphatic rings. The maximum Gasteiger partial charge on any atom is 0.459 e. The Kier molecular flexibility index (Phi) is 9.32. The Morgan fingerprint density at radius 3 is 2.58 bits per heavy atom. The van der Waals surface area contributed by atoms with Crippen LogP contribution in [-0.2, 0) is 23.4 Å². The number of rotatable bonds is 11. The van der Waals surface area contributed by atoms with E-state index in [1.54, 1.807) is 32.0 Å². The molecule has 0 bridgehead atoms. The summed E-state index contributed by atoms with van der Waals surface area (Å²) in [7, 11) is -2.99. The summed E-state index contributed by atoms with van der Waals surface area (Å²) in [6, 6.07) is 8.25. The molecule has 0 spiro atoms. The number of aliphatic hydroxyl groups excluding tert-OH is 1. The number of aliphatic hydroxyl groups is 2. The molecule has 3 N–H and O–H groups in total. The molecule has 206 valence electrons. The van der Waals surface area contributed by atoms with Gasteiger partial charge in [0.25, 0.3) is 0 Å². The highest BCUT2D eigenvalue weighted by Gasteiger charge is 2.56. The first-order valence-electron chi connectivity index (χ1n) is 11.6. The second kappa shape index (κ2) is 12.1. The maximum absolute atomic E-state index is 13.7. The fourth-order valence-electron chi connectivity index (χ4n) is 3.53. The number of aromatic nitrogens is 2. The summed E-state index contributed by atoms with van der Waals surface area (Å²) in [5.74, 6) is 1.53. The minimum Gasteiger partial charge on any atom is -0.481 e. The van der Waals surface area contributed by atoms with E-state index in [0.29, 0.717) is 0 Å². The number of terminal acetylenes is 1. The zero-order valence-electron chi connectivity index (χ0n) is 21.2. The summed E-state index contributed by atoms with van der Waals surface area (Å²) in [4.78, 5) is 28.5. The van der Waals surface area contributed by atoms with Crippen molar-refractivity contribution in [2.45, 2.75) is 57.0 Å². The van der Waals surface area contributed by atoms with Crippen LogP contribution in [-0.4, -0.2) is 69.4 Å². The third-order valence-electron chi connectivity index (χ3n) is 5.42. The highest BCUT2D eigenvalue weighted by molar-refractivity contribution is 7.52. The van der Waals surface area contributed by atoms with Crippen LogP contribution in [0.1, 0.15) is 27.0 Å². The first kappa shape index (κ1) is 29.3. The molecular formula is C24H30N3O10P. The molecule has 1 aliphatic heterocycles. The second-order valence-corrected chi connectivity index (χ2v) is 10.3. The van der Waals surface area contributed by atoms with Crippen molar-refractivity contribution in [2.24, 2.45) is 0 Å². The lowest BCUT2D eigenvalue weighted by molar-refractivity contribution is -0.149. The number of carbonyl (C=O) groups excluding carboxylic acids is 1. The fraction of sp³-hybridized carbons (Fsp3) is 0.458. The molecule has 2 heterocycles. The molecule has 0 aliphatic carbocycles. The monoisotopic (exact) mass is 551 g/mol. The van der Waals surface area contributed by atoms with E-state index in [2.05, 4.69) is 16.0 Å². The number of esters is 1. The van der Waals surface area contributed by atoms with E-state index in [4.69, 9.17) is 29.7 Å². The second-order valence-electron chi connectivity index (χ2n) is 8.64. The molecule has 1 aromatic carbocycles. The average molecular weight is 551 g/mol. The van der Waals surface area contributed by atoms with Crippen LogP contribution in [0, 0.1) is 12.3 Å². The lowest BCUT2D eigenvalue weighted by Gasteiger charge is -2.26. The Morgan fingerprint density at radius 2 is 2.00 bits per heavy atom. The van der Waals surface area contributed by atoms with Gasteiger partial charge in [-0.05, 0) is 32.9 Å². The van der Waals surface area contributed by atoms with Crippen LogP contribution in [0.3, 0.4) is 0 Å². The molecule has 2 unspecified atom stereocenters. The molecule has 0 saturated carbocycles. The number of methoxy groups -OCH3 is 1.